The largest absolute Gasteiger partial charge is 0.335 e. The molecule has 134 valence electrons. The quantitative estimate of drug-likeness (QED) is 0.821. The number of carbonyl (C=O) groups is 1. The fraction of sp³-hybridized carbons (Fsp3) is 0.778. The summed E-state index contributed by atoms with van der Waals surface area (Å²) in [6, 6.07) is 0.929. The van der Waals surface area contributed by atoms with Gasteiger partial charge in [0.15, 0.2) is 0 Å². The van der Waals surface area contributed by atoms with Gasteiger partial charge < -0.3 is 9.80 Å². The van der Waals surface area contributed by atoms with Crippen LogP contribution in [-0.2, 0) is 0 Å². The third-order valence-electron chi connectivity index (χ3n) is 5.77. The topological polar surface area (TPSA) is 44.6 Å². The molecule has 1 aromatic rings. The van der Waals surface area contributed by atoms with Crippen LogP contribution in [-0.4, -0.2) is 82.7 Å². The average Bonchev–Trinajstić information content (AvgIpc) is 2.91. The van der Waals surface area contributed by atoms with E-state index in [0.717, 1.165) is 63.4 Å². The molecule has 1 aromatic heterocycles. The molecule has 0 saturated carbocycles. The van der Waals surface area contributed by atoms with Crippen molar-refractivity contribution in [1.29, 1.82) is 0 Å². The first-order valence-electron chi connectivity index (χ1n) is 9.31. The second-order valence-corrected chi connectivity index (χ2v) is 7.26. The highest BCUT2D eigenvalue weighted by atomic mass is 16.2. The van der Waals surface area contributed by atoms with E-state index in [2.05, 4.69) is 35.8 Å². The highest BCUT2D eigenvalue weighted by molar-refractivity contribution is 5.95. The first-order chi connectivity index (χ1) is 11.5. The fourth-order valence-electron chi connectivity index (χ4n) is 3.85. The normalized spacial score (nSPS) is 20.6. The van der Waals surface area contributed by atoms with Crippen LogP contribution in [0.5, 0.6) is 0 Å². The number of hydrogen-bond acceptors (Lipinski definition) is 4. The average molecular weight is 333 g/mol. The number of likely N-dealkylation sites (N-methyl/N-ethyl adjacent to an activating group) is 1. The van der Waals surface area contributed by atoms with Crippen LogP contribution >= 0.6 is 0 Å². The Kier molecular flexibility index (Phi) is 5.25. The van der Waals surface area contributed by atoms with Gasteiger partial charge >= 0.3 is 0 Å². The summed E-state index contributed by atoms with van der Waals surface area (Å²) in [4.78, 5) is 19.7. The number of carbonyl (C=O) groups excluding carboxylic acids is 1. The fourth-order valence-corrected chi connectivity index (χ4v) is 3.85. The maximum atomic E-state index is 12.8. The van der Waals surface area contributed by atoms with Gasteiger partial charge in [0, 0.05) is 51.0 Å². The lowest BCUT2D eigenvalue weighted by molar-refractivity contribution is 0.0110. The Morgan fingerprint density at radius 2 is 1.83 bits per heavy atom. The van der Waals surface area contributed by atoms with Gasteiger partial charge in [-0.2, -0.15) is 5.10 Å². The predicted octanol–water partition coefficient (Wildman–Crippen LogP) is 1.62. The van der Waals surface area contributed by atoms with Crippen LogP contribution in [0.2, 0.25) is 0 Å². The van der Waals surface area contributed by atoms with E-state index in [1.165, 1.54) is 0 Å². The van der Waals surface area contributed by atoms with E-state index in [0.29, 0.717) is 12.1 Å². The number of nitrogens with zero attached hydrogens (tertiary/aromatic N) is 5. The Hall–Kier alpha value is -1.40. The van der Waals surface area contributed by atoms with Crippen molar-refractivity contribution in [2.24, 2.45) is 0 Å². The predicted molar refractivity (Wildman–Crippen MR) is 95.3 cm³/mol. The molecule has 0 N–H and O–H groups in total. The maximum absolute atomic E-state index is 12.8. The molecule has 2 fully saturated rings. The first kappa shape index (κ1) is 17.4. The number of likely N-dealkylation sites (tertiary alicyclic amines) is 1. The van der Waals surface area contributed by atoms with Crippen LogP contribution in [0.3, 0.4) is 0 Å². The summed E-state index contributed by atoms with van der Waals surface area (Å²) in [5, 5.41) is 4.49. The second kappa shape index (κ2) is 7.23. The van der Waals surface area contributed by atoms with Crippen LogP contribution < -0.4 is 0 Å². The minimum absolute atomic E-state index is 0.148. The lowest BCUT2D eigenvalue weighted by Gasteiger charge is -2.47. The van der Waals surface area contributed by atoms with E-state index in [1.807, 2.05) is 16.5 Å². The number of aromatic nitrogens is 2. The first-order valence-corrected chi connectivity index (χ1v) is 9.31. The second-order valence-electron chi connectivity index (χ2n) is 7.26. The standard InChI is InChI=1S/C18H31N5O/c1-5-15(6-2)23-14(3)17(11-19-23)18(24)22-12-16(13-22)21-9-7-20(4)8-10-21/h11,15-16H,5-10,12-13H2,1-4H3. The van der Waals surface area contributed by atoms with Gasteiger partial charge in [0.25, 0.3) is 5.91 Å². The van der Waals surface area contributed by atoms with E-state index in [9.17, 15) is 4.79 Å². The molecule has 3 heterocycles. The van der Waals surface area contributed by atoms with Crippen molar-refractivity contribution < 1.29 is 4.79 Å². The van der Waals surface area contributed by atoms with Crippen molar-refractivity contribution in [1.82, 2.24) is 24.5 Å². The van der Waals surface area contributed by atoms with Crippen molar-refractivity contribution in [2.75, 3.05) is 46.3 Å². The molecule has 2 aliphatic rings. The molecule has 0 aromatic carbocycles. The molecule has 1 amide bonds. The van der Waals surface area contributed by atoms with Crippen LogP contribution in [0.25, 0.3) is 0 Å². The Morgan fingerprint density at radius 3 is 2.42 bits per heavy atom. The molecule has 2 aliphatic heterocycles. The van der Waals surface area contributed by atoms with Crippen LogP contribution in [0.1, 0.15) is 48.8 Å². The zero-order chi connectivity index (χ0) is 17.3. The number of piperazine rings is 1. The molecule has 0 aliphatic carbocycles. The van der Waals surface area contributed by atoms with Gasteiger partial charge in [-0.3, -0.25) is 14.4 Å². The van der Waals surface area contributed by atoms with Gasteiger partial charge in [0.05, 0.1) is 17.8 Å². The highest BCUT2D eigenvalue weighted by Gasteiger charge is 2.37. The molecule has 0 radical (unpaired) electrons. The van der Waals surface area contributed by atoms with Gasteiger partial charge in [-0.25, -0.2) is 0 Å². The van der Waals surface area contributed by atoms with Crippen molar-refractivity contribution in [2.45, 2.75) is 45.7 Å². The Balaban J connectivity index is 1.59. The molecule has 0 atom stereocenters. The summed E-state index contributed by atoms with van der Waals surface area (Å²) in [7, 11) is 2.17. The molecule has 0 unspecified atom stereocenters. The van der Waals surface area contributed by atoms with Gasteiger partial charge in [-0.15, -0.1) is 0 Å². The summed E-state index contributed by atoms with van der Waals surface area (Å²) in [5.41, 5.74) is 1.79. The van der Waals surface area contributed by atoms with E-state index < -0.39 is 0 Å². The number of hydrogen-bond donors (Lipinski definition) is 0. The summed E-state index contributed by atoms with van der Waals surface area (Å²) in [5.74, 6) is 0.148. The zero-order valence-electron chi connectivity index (χ0n) is 15.5. The highest BCUT2D eigenvalue weighted by Crippen LogP contribution is 2.23. The molecule has 3 rings (SSSR count). The van der Waals surface area contributed by atoms with Crippen molar-refractivity contribution >= 4 is 5.91 Å². The maximum Gasteiger partial charge on any atom is 0.257 e. The van der Waals surface area contributed by atoms with Crippen molar-refractivity contribution in [3.63, 3.8) is 0 Å². The van der Waals surface area contributed by atoms with Crippen LogP contribution in [0.4, 0.5) is 0 Å². The number of rotatable bonds is 5. The molecule has 24 heavy (non-hydrogen) atoms. The van der Waals surface area contributed by atoms with Gasteiger partial charge in [0.1, 0.15) is 0 Å². The monoisotopic (exact) mass is 333 g/mol. The van der Waals surface area contributed by atoms with Crippen LogP contribution in [0, 0.1) is 6.92 Å². The smallest absolute Gasteiger partial charge is 0.257 e. The third-order valence-corrected chi connectivity index (χ3v) is 5.77. The van der Waals surface area contributed by atoms with Gasteiger partial charge in [0.2, 0.25) is 0 Å². The van der Waals surface area contributed by atoms with E-state index >= 15 is 0 Å². The van der Waals surface area contributed by atoms with E-state index in [1.54, 1.807) is 6.20 Å². The van der Waals surface area contributed by atoms with Crippen molar-refractivity contribution in [3.8, 4) is 0 Å². The molecule has 2 saturated heterocycles. The minimum atomic E-state index is 0.148. The van der Waals surface area contributed by atoms with Crippen molar-refractivity contribution in [3.05, 3.63) is 17.5 Å². The number of amides is 1. The summed E-state index contributed by atoms with van der Waals surface area (Å²) in [6.45, 7) is 12.6. The van der Waals surface area contributed by atoms with Crippen LogP contribution in [0.15, 0.2) is 6.20 Å². The molecule has 6 nitrogen and oxygen atoms in total. The molecule has 0 spiro atoms. The molecule has 6 heteroatoms. The van der Waals surface area contributed by atoms with E-state index in [4.69, 9.17) is 0 Å². The summed E-state index contributed by atoms with van der Waals surface area (Å²) in [6.07, 6.45) is 3.85. The molecule has 0 bridgehead atoms. The SMILES string of the molecule is CCC(CC)n1ncc(C(=O)N2CC(N3CCN(C)CC3)C2)c1C. The van der Waals surface area contributed by atoms with Gasteiger partial charge in [-0.05, 0) is 26.8 Å². The lowest BCUT2D eigenvalue weighted by atomic mass is 10.0. The Bertz CT molecular complexity index is 566. The lowest BCUT2D eigenvalue weighted by Crippen LogP contribution is -2.64. The Morgan fingerprint density at radius 1 is 1.21 bits per heavy atom. The van der Waals surface area contributed by atoms with E-state index in [-0.39, 0.29) is 5.91 Å². The molecular weight excluding hydrogens is 302 g/mol. The third kappa shape index (κ3) is 3.22. The minimum Gasteiger partial charge on any atom is -0.335 e. The Labute approximate surface area is 145 Å². The zero-order valence-corrected chi connectivity index (χ0v) is 15.5. The molecular formula is C18H31N5O. The summed E-state index contributed by atoms with van der Waals surface area (Å²) >= 11 is 0. The van der Waals surface area contributed by atoms with Gasteiger partial charge in [-0.1, -0.05) is 13.8 Å². The summed E-state index contributed by atoms with van der Waals surface area (Å²) < 4.78 is 2.03.